The number of carbonyl (C=O) groups excluding carboxylic acids is 2. The zero-order valence-corrected chi connectivity index (χ0v) is 19.2. The van der Waals surface area contributed by atoms with Crippen LogP contribution in [-0.4, -0.2) is 49.3 Å². The predicted octanol–water partition coefficient (Wildman–Crippen LogP) is 3.51. The van der Waals surface area contributed by atoms with E-state index in [1.807, 2.05) is 36.2 Å². The molecule has 2 amide bonds. The van der Waals surface area contributed by atoms with Gasteiger partial charge in [-0.3, -0.25) is 14.6 Å². The molecule has 1 fully saturated rings. The summed E-state index contributed by atoms with van der Waals surface area (Å²) in [5, 5.41) is 13.0. The summed E-state index contributed by atoms with van der Waals surface area (Å²) in [6.45, 7) is 1.31. The van der Waals surface area contributed by atoms with Crippen LogP contribution in [0.2, 0.25) is 0 Å². The van der Waals surface area contributed by atoms with Gasteiger partial charge < -0.3 is 14.8 Å². The number of fused-ring (bicyclic) bond motifs is 1. The van der Waals surface area contributed by atoms with Crippen LogP contribution in [0.4, 0.5) is 5.69 Å². The minimum absolute atomic E-state index is 0.0668. The van der Waals surface area contributed by atoms with Crippen molar-refractivity contribution in [2.45, 2.75) is 18.8 Å². The molecule has 0 unspecified atom stereocenters. The molecule has 3 aromatic heterocycles. The first-order valence-electron chi connectivity index (χ1n) is 11.4. The van der Waals surface area contributed by atoms with Crippen molar-refractivity contribution in [3.05, 3.63) is 83.8 Å². The largest absolute Gasteiger partial charge is 0.350 e. The number of carbonyl (C=O) groups is 2. The molecule has 0 saturated carbocycles. The molecule has 0 spiro atoms. The van der Waals surface area contributed by atoms with Crippen LogP contribution in [0.5, 0.6) is 0 Å². The van der Waals surface area contributed by atoms with E-state index in [4.69, 9.17) is 5.26 Å². The van der Waals surface area contributed by atoms with Gasteiger partial charge in [-0.05, 0) is 60.7 Å². The molecular formula is C26H23N7O2. The number of nitrogens with one attached hydrogen (secondary N) is 1. The van der Waals surface area contributed by atoms with Crippen LogP contribution in [0, 0.1) is 11.3 Å². The summed E-state index contributed by atoms with van der Waals surface area (Å²) in [6, 6.07) is 12.5. The van der Waals surface area contributed by atoms with Gasteiger partial charge in [0.25, 0.3) is 11.8 Å². The molecule has 0 bridgehead atoms. The Balaban J connectivity index is 1.34. The van der Waals surface area contributed by atoms with E-state index >= 15 is 0 Å². The number of aryl methyl sites for hydroxylation is 1. The fourth-order valence-electron chi connectivity index (χ4n) is 4.62. The second-order valence-corrected chi connectivity index (χ2v) is 8.58. The Morgan fingerprint density at radius 1 is 1.06 bits per heavy atom. The van der Waals surface area contributed by atoms with Gasteiger partial charge in [-0.1, -0.05) is 0 Å². The van der Waals surface area contributed by atoms with Gasteiger partial charge in [-0.2, -0.15) is 5.26 Å². The Labute approximate surface area is 202 Å². The maximum Gasteiger partial charge on any atom is 0.274 e. The molecule has 0 atom stereocenters. The zero-order chi connectivity index (χ0) is 24.4. The number of likely N-dealkylation sites (tertiary alicyclic amines) is 1. The molecule has 0 aliphatic carbocycles. The number of hydrogen-bond acceptors (Lipinski definition) is 6. The number of nitrogens with zero attached hydrogens (tertiary/aromatic N) is 6. The summed E-state index contributed by atoms with van der Waals surface area (Å²) >= 11 is 0. The number of anilines is 1. The summed E-state index contributed by atoms with van der Waals surface area (Å²) in [4.78, 5) is 39.3. The second kappa shape index (κ2) is 9.35. The molecule has 9 nitrogen and oxygen atoms in total. The van der Waals surface area contributed by atoms with Gasteiger partial charge in [0.2, 0.25) is 0 Å². The highest BCUT2D eigenvalue weighted by molar-refractivity contribution is 6.04. The first-order chi connectivity index (χ1) is 17.0. The van der Waals surface area contributed by atoms with Crippen LogP contribution in [0.1, 0.15) is 50.9 Å². The van der Waals surface area contributed by atoms with Crippen LogP contribution in [0.3, 0.4) is 0 Å². The second-order valence-electron chi connectivity index (χ2n) is 8.58. The van der Waals surface area contributed by atoms with Crippen molar-refractivity contribution in [2.24, 2.45) is 7.05 Å². The Bertz CT molecular complexity index is 1450. The van der Waals surface area contributed by atoms with E-state index in [1.54, 1.807) is 18.3 Å². The molecule has 1 aliphatic heterocycles. The van der Waals surface area contributed by atoms with E-state index in [-0.39, 0.29) is 17.5 Å². The molecule has 174 valence electrons. The van der Waals surface area contributed by atoms with Gasteiger partial charge in [-0.25, -0.2) is 9.97 Å². The lowest BCUT2D eigenvalue weighted by Gasteiger charge is -2.31. The SMILES string of the molecule is Cn1cc(C2CCN(C(=O)c3ccncn3)CC2)c2cc(NC(=O)c3cc(C#N)ccn3)ccc21. The summed E-state index contributed by atoms with van der Waals surface area (Å²) in [5.41, 5.74) is 3.93. The summed E-state index contributed by atoms with van der Waals surface area (Å²) in [6.07, 6.45) is 8.25. The third-order valence-corrected chi connectivity index (χ3v) is 6.42. The van der Waals surface area contributed by atoms with Gasteiger partial charge in [0.15, 0.2) is 0 Å². The molecule has 35 heavy (non-hydrogen) atoms. The van der Waals surface area contributed by atoms with Crippen molar-refractivity contribution in [3.63, 3.8) is 0 Å². The van der Waals surface area contributed by atoms with E-state index in [2.05, 4.69) is 31.0 Å². The van der Waals surface area contributed by atoms with Crippen LogP contribution < -0.4 is 5.32 Å². The first-order valence-corrected chi connectivity index (χ1v) is 11.4. The standard InChI is InChI=1S/C26H23N7O2/c1-32-15-21(18-6-10-33(11-7-18)26(35)22-5-8-28-16-30-22)20-13-19(2-3-24(20)32)31-25(34)23-12-17(14-27)4-9-29-23/h2-5,8-9,12-13,15-16,18H,6-7,10-11H2,1H3,(H,31,34). The lowest BCUT2D eigenvalue weighted by atomic mass is 9.89. The van der Waals surface area contributed by atoms with Crippen molar-refractivity contribution in [3.8, 4) is 6.07 Å². The first kappa shape index (κ1) is 22.2. The van der Waals surface area contributed by atoms with Crippen molar-refractivity contribution in [1.29, 1.82) is 5.26 Å². The molecule has 1 aliphatic rings. The number of benzene rings is 1. The average molecular weight is 466 g/mol. The van der Waals surface area contributed by atoms with Gasteiger partial charge >= 0.3 is 0 Å². The van der Waals surface area contributed by atoms with Crippen LogP contribution in [0.15, 0.2) is 61.3 Å². The molecule has 1 aromatic carbocycles. The normalized spacial score (nSPS) is 14.0. The van der Waals surface area contributed by atoms with Gasteiger partial charge in [-0.15, -0.1) is 0 Å². The van der Waals surface area contributed by atoms with Crippen molar-refractivity contribution in [1.82, 2.24) is 24.4 Å². The summed E-state index contributed by atoms with van der Waals surface area (Å²) < 4.78 is 2.09. The predicted molar refractivity (Wildman–Crippen MR) is 130 cm³/mol. The minimum Gasteiger partial charge on any atom is -0.350 e. The smallest absolute Gasteiger partial charge is 0.274 e. The molecule has 4 aromatic rings. The van der Waals surface area contributed by atoms with Crippen molar-refractivity contribution in [2.75, 3.05) is 18.4 Å². The van der Waals surface area contributed by atoms with Crippen LogP contribution in [-0.2, 0) is 7.05 Å². The Hall–Kier alpha value is -4.58. The maximum absolute atomic E-state index is 12.7. The zero-order valence-electron chi connectivity index (χ0n) is 19.2. The fourth-order valence-corrected chi connectivity index (χ4v) is 4.62. The maximum atomic E-state index is 12.7. The van der Waals surface area contributed by atoms with Crippen LogP contribution in [0.25, 0.3) is 10.9 Å². The van der Waals surface area contributed by atoms with Crippen LogP contribution >= 0.6 is 0 Å². The lowest BCUT2D eigenvalue weighted by Crippen LogP contribution is -2.38. The quantitative estimate of drug-likeness (QED) is 0.493. The average Bonchev–Trinajstić information content (AvgIpc) is 3.24. The highest BCUT2D eigenvalue weighted by Crippen LogP contribution is 2.35. The summed E-state index contributed by atoms with van der Waals surface area (Å²) in [7, 11) is 2.01. The number of rotatable bonds is 4. The van der Waals surface area contributed by atoms with E-state index in [0.717, 1.165) is 23.7 Å². The number of amides is 2. The topological polar surface area (TPSA) is 117 Å². The van der Waals surface area contributed by atoms with Crippen molar-refractivity contribution >= 4 is 28.4 Å². The van der Waals surface area contributed by atoms with E-state index < -0.39 is 0 Å². The highest BCUT2D eigenvalue weighted by Gasteiger charge is 2.27. The van der Waals surface area contributed by atoms with Gasteiger partial charge in [0.1, 0.15) is 17.7 Å². The molecule has 4 heterocycles. The third-order valence-electron chi connectivity index (χ3n) is 6.42. The Morgan fingerprint density at radius 2 is 1.89 bits per heavy atom. The number of pyridine rings is 1. The Kier molecular flexibility index (Phi) is 5.94. The van der Waals surface area contributed by atoms with Gasteiger partial charge in [0.05, 0.1) is 11.6 Å². The van der Waals surface area contributed by atoms with E-state index in [1.165, 1.54) is 24.2 Å². The number of piperidine rings is 1. The van der Waals surface area contributed by atoms with Gasteiger partial charge in [0, 0.05) is 55.3 Å². The third kappa shape index (κ3) is 4.46. The number of hydrogen-bond donors (Lipinski definition) is 1. The number of nitriles is 1. The van der Waals surface area contributed by atoms with Crippen molar-refractivity contribution < 1.29 is 9.59 Å². The molecule has 1 saturated heterocycles. The molecule has 0 radical (unpaired) electrons. The number of aromatic nitrogens is 4. The fraction of sp³-hybridized carbons (Fsp3) is 0.231. The molecule has 1 N–H and O–H groups in total. The van der Waals surface area contributed by atoms with E-state index in [0.29, 0.717) is 36.0 Å². The monoisotopic (exact) mass is 465 g/mol. The van der Waals surface area contributed by atoms with E-state index in [9.17, 15) is 9.59 Å². The Morgan fingerprint density at radius 3 is 2.63 bits per heavy atom. The molecule has 9 heteroatoms. The molecule has 5 rings (SSSR count). The minimum atomic E-state index is -0.365. The molecular weight excluding hydrogens is 442 g/mol. The lowest BCUT2D eigenvalue weighted by molar-refractivity contribution is 0.0707. The summed E-state index contributed by atoms with van der Waals surface area (Å²) in [5.74, 6) is -0.133. The highest BCUT2D eigenvalue weighted by atomic mass is 16.2.